The minimum Gasteiger partial charge on any atom is -0.476 e. The van der Waals surface area contributed by atoms with Crippen molar-refractivity contribution < 1.29 is 9.90 Å². The predicted molar refractivity (Wildman–Crippen MR) is 145 cm³/mol. The van der Waals surface area contributed by atoms with Gasteiger partial charge in [0, 0.05) is 18.5 Å². The Balaban J connectivity index is 1.19. The van der Waals surface area contributed by atoms with Crippen LogP contribution in [0.25, 0.3) is 0 Å². The van der Waals surface area contributed by atoms with Crippen molar-refractivity contribution in [3.05, 3.63) is 71.2 Å². The number of carboxylic acids is 1. The number of aromatic carboxylic acids is 1. The standard InChI is InChI=1S/C25H22N8O2S2/c1-16-14-19(29-31-22-10-11-23(37-22)33-12-2-3-13-33)8-9-20(16)30-27-17-4-6-18(7-5-17)28-32-25-26-21(15-36-25)24(34)35/h4-11,14-15H,2-3,12-13H2,1H3,(H,34,35)/b30-27+,31-29+,32-28+. The van der Waals surface area contributed by atoms with Gasteiger partial charge in [-0.3, -0.25) is 0 Å². The fourth-order valence-corrected chi connectivity index (χ4v) is 5.10. The second kappa shape index (κ2) is 11.3. The molecule has 1 saturated heterocycles. The summed E-state index contributed by atoms with van der Waals surface area (Å²) < 4.78 is 0. The third-order valence-corrected chi connectivity index (χ3v) is 7.28. The molecule has 0 unspecified atom stereocenters. The molecule has 37 heavy (non-hydrogen) atoms. The molecule has 0 bridgehead atoms. The molecule has 0 aliphatic carbocycles. The fraction of sp³-hybridized carbons (Fsp3) is 0.200. The number of nitrogens with zero attached hydrogens (tertiary/aromatic N) is 8. The Morgan fingerprint density at radius 2 is 1.54 bits per heavy atom. The van der Waals surface area contributed by atoms with E-state index in [2.05, 4.69) is 46.6 Å². The van der Waals surface area contributed by atoms with Gasteiger partial charge in [-0.05, 0) is 79.9 Å². The monoisotopic (exact) mass is 530 g/mol. The molecule has 0 radical (unpaired) electrons. The molecule has 0 saturated carbocycles. The lowest BCUT2D eigenvalue weighted by Crippen LogP contribution is -2.15. The van der Waals surface area contributed by atoms with Crippen molar-refractivity contribution in [3.8, 4) is 0 Å². The Hall–Kier alpha value is -4.16. The minimum atomic E-state index is -1.09. The Labute approximate surface area is 220 Å². The van der Waals surface area contributed by atoms with Gasteiger partial charge in [0.05, 0.1) is 27.8 Å². The summed E-state index contributed by atoms with van der Waals surface area (Å²) in [7, 11) is 0. The molecular weight excluding hydrogens is 508 g/mol. The zero-order chi connectivity index (χ0) is 25.6. The average molecular weight is 531 g/mol. The first-order valence-electron chi connectivity index (χ1n) is 11.5. The van der Waals surface area contributed by atoms with Crippen LogP contribution in [0.1, 0.15) is 28.9 Å². The molecule has 5 rings (SSSR count). The maximum absolute atomic E-state index is 10.9. The highest BCUT2D eigenvalue weighted by Gasteiger charge is 2.14. The molecule has 4 aromatic rings. The number of benzene rings is 2. The van der Waals surface area contributed by atoms with E-state index in [1.54, 1.807) is 35.6 Å². The van der Waals surface area contributed by atoms with E-state index in [4.69, 9.17) is 5.11 Å². The number of aryl methyl sites for hydroxylation is 1. The van der Waals surface area contributed by atoms with E-state index in [9.17, 15) is 4.79 Å². The van der Waals surface area contributed by atoms with Crippen LogP contribution in [0.2, 0.25) is 0 Å². The molecule has 3 heterocycles. The van der Waals surface area contributed by atoms with Gasteiger partial charge >= 0.3 is 5.97 Å². The van der Waals surface area contributed by atoms with E-state index >= 15 is 0 Å². The van der Waals surface area contributed by atoms with Crippen molar-refractivity contribution in [1.29, 1.82) is 0 Å². The van der Waals surface area contributed by atoms with Gasteiger partial charge in [-0.25, -0.2) is 9.78 Å². The van der Waals surface area contributed by atoms with Crippen LogP contribution >= 0.6 is 22.7 Å². The maximum Gasteiger partial charge on any atom is 0.355 e. The first-order valence-corrected chi connectivity index (χ1v) is 13.2. The van der Waals surface area contributed by atoms with E-state index in [1.165, 1.54) is 23.2 Å². The third-order valence-electron chi connectivity index (χ3n) is 5.52. The van der Waals surface area contributed by atoms with Crippen LogP contribution in [0.4, 0.5) is 37.9 Å². The number of azo groups is 3. The summed E-state index contributed by atoms with van der Waals surface area (Å²) in [5, 5.41) is 38.3. The van der Waals surface area contributed by atoms with Gasteiger partial charge in [-0.1, -0.05) is 11.3 Å². The van der Waals surface area contributed by atoms with Crippen LogP contribution in [0.15, 0.2) is 90.7 Å². The van der Waals surface area contributed by atoms with E-state index in [1.807, 2.05) is 31.2 Å². The number of hydrogen-bond donors (Lipinski definition) is 1. The van der Waals surface area contributed by atoms with Crippen molar-refractivity contribution in [2.45, 2.75) is 19.8 Å². The van der Waals surface area contributed by atoms with Crippen LogP contribution in [0.3, 0.4) is 0 Å². The summed E-state index contributed by atoms with van der Waals surface area (Å²) >= 11 is 2.78. The highest BCUT2D eigenvalue weighted by atomic mass is 32.1. The summed E-state index contributed by atoms with van der Waals surface area (Å²) in [5.41, 5.74) is 3.66. The van der Waals surface area contributed by atoms with Crippen LogP contribution in [-0.2, 0) is 0 Å². The second-order valence-corrected chi connectivity index (χ2v) is 10.1. The number of anilines is 1. The molecule has 186 valence electrons. The van der Waals surface area contributed by atoms with Crippen molar-refractivity contribution in [2.75, 3.05) is 18.0 Å². The van der Waals surface area contributed by atoms with Crippen LogP contribution in [0, 0.1) is 6.92 Å². The third kappa shape index (κ3) is 6.35. The first-order chi connectivity index (χ1) is 18.0. The number of thiazole rings is 1. The average Bonchev–Trinajstić information content (AvgIpc) is 3.68. The topological polar surface area (TPSA) is 128 Å². The number of carbonyl (C=O) groups is 1. The van der Waals surface area contributed by atoms with Crippen molar-refractivity contribution in [3.63, 3.8) is 0 Å². The van der Waals surface area contributed by atoms with Gasteiger partial charge < -0.3 is 10.0 Å². The largest absolute Gasteiger partial charge is 0.476 e. The lowest BCUT2D eigenvalue weighted by atomic mass is 10.2. The summed E-state index contributed by atoms with van der Waals surface area (Å²) in [5.74, 6) is -1.09. The van der Waals surface area contributed by atoms with Crippen LogP contribution < -0.4 is 4.90 Å². The number of rotatable bonds is 8. The van der Waals surface area contributed by atoms with E-state index in [0.717, 1.165) is 46.4 Å². The normalized spacial score (nSPS) is 14.0. The number of aromatic nitrogens is 1. The first kappa shape index (κ1) is 24.5. The second-order valence-electron chi connectivity index (χ2n) is 8.21. The molecule has 1 N–H and O–H groups in total. The minimum absolute atomic E-state index is 0.0462. The molecule has 0 atom stereocenters. The molecule has 0 amide bonds. The van der Waals surface area contributed by atoms with E-state index in [0.29, 0.717) is 11.4 Å². The van der Waals surface area contributed by atoms with Gasteiger partial charge in [0.25, 0.3) is 0 Å². The van der Waals surface area contributed by atoms with Crippen LogP contribution in [-0.4, -0.2) is 29.1 Å². The fourth-order valence-electron chi connectivity index (χ4n) is 3.61. The lowest BCUT2D eigenvalue weighted by Gasteiger charge is -2.13. The van der Waals surface area contributed by atoms with Gasteiger partial charge in [-0.15, -0.1) is 31.8 Å². The summed E-state index contributed by atoms with van der Waals surface area (Å²) in [6.45, 7) is 4.19. The molecule has 2 aromatic heterocycles. The zero-order valence-corrected chi connectivity index (χ0v) is 21.5. The van der Waals surface area contributed by atoms with Gasteiger partial charge in [-0.2, -0.15) is 10.2 Å². The molecule has 0 spiro atoms. The molecule has 12 heteroatoms. The molecule has 1 aliphatic rings. The quantitative estimate of drug-likeness (QED) is 0.228. The van der Waals surface area contributed by atoms with Crippen molar-refractivity contribution in [2.24, 2.45) is 30.7 Å². The highest BCUT2D eigenvalue weighted by molar-refractivity contribution is 7.19. The predicted octanol–water partition coefficient (Wildman–Crippen LogP) is 9.06. The molecule has 1 fully saturated rings. The van der Waals surface area contributed by atoms with Crippen LogP contribution in [0.5, 0.6) is 0 Å². The molecule has 1 aliphatic heterocycles. The van der Waals surface area contributed by atoms with Crippen molar-refractivity contribution in [1.82, 2.24) is 4.98 Å². The number of thiophene rings is 1. The Kier molecular flexibility index (Phi) is 7.47. The zero-order valence-electron chi connectivity index (χ0n) is 19.9. The smallest absolute Gasteiger partial charge is 0.355 e. The highest BCUT2D eigenvalue weighted by Crippen LogP contribution is 2.35. The van der Waals surface area contributed by atoms with Gasteiger partial charge in [0.1, 0.15) is 5.00 Å². The lowest BCUT2D eigenvalue weighted by molar-refractivity contribution is 0.0691. The Morgan fingerprint density at radius 3 is 2.22 bits per heavy atom. The van der Waals surface area contributed by atoms with Gasteiger partial charge in [0.2, 0.25) is 5.13 Å². The summed E-state index contributed by atoms with van der Waals surface area (Å²) in [6, 6.07) is 16.9. The van der Waals surface area contributed by atoms with E-state index < -0.39 is 5.97 Å². The molecular formula is C25H22N8O2S2. The van der Waals surface area contributed by atoms with Crippen molar-refractivity contribution >= 4 is 66.5 Å². The number of hydrogen-bond acceptors (Lipinski definition) is 11. The SMILES string of the molecule is Cc1cc(/N=N/c2ccc(N3CCCC3)s2)ccc1/N=N/c1ccc(/N=N/c2nc(C(=O)O)cs2)cc1. The summed E-state index contributed by atoms with van der Waals surface area (Å²) in [6.07, 6.45) is 2.50. The maximum atomic E-state index is 10.9. The van der Waals surface area contributed by atoms with Gasteiger partial charge in [0.15, 0.2) is 5.69 Å². The molecule has 10 nitrogen and oxygen atoms in total. The van der Waals surface area contributed by atoms with E-state index in [-0.39, 0.29) is 10.8 Å². The summed E-state index contributed by atoms with van der Waals surface area (Å²) in [4.78, 5) is 17.2. The molecule has 2 aromatic carbocycles. The Bertz CT molecular complexity index is 1480. The number of carboxylic acid groups (broad SMARTS) is 1. The Morgan fingerprint density at radius 1 is 0.865 bits per heavy atom.